The van der Waals surface area contributed by atoms with E-state index in [-0.39, 0.29) is 18.0 Å². The summed E-state index contributed by atoms with van der Waals surface area (Å²) in [6, 6.07) is 9.33. The summed E-state index contributed by atoms with van der Waals surface area (Å²) in [6.07, 6.45) is 3.70. The molecule has 0 radical (unpaired) electrons. The van der Waals surface area contributed by atoms with Gasteiger partial charge in [-0.15, -0.1) is 0 Å². The first-order chi connectivity index (χ1) is 11.7. The normalized spacial score (nSPS) is 11.4. The molecule has 0 atom stereocenters. The Bertz CT molecular complexity index is 719. The predicted molar refractivity (Wildman–Crippen MR) is 96.3 cm³/mol. The first-order valence-electron chi connectivity index (χ1n) is 8.12. The smallest absolute Gasteiger partial charge is 0.321 e. The van der Waals surface area contributed by atoms with E-state index in [1.165, 1.54) is 0 Å². The van der Waals surface area contributed by atoms with Gasteiger partial charge in [0.15, 0.2) is 0 Å². The van der Waals surface area contributed by atoms with E-state index >= 15 is 0 Å². The SMILES string of the molecule is CN(CC(=O)NC(=O)NC(C)(C)C)Cc1cnn(-c2ccccc2)c1. The molecule has 0 spiro atoms. The van der Waals surface area contributed by atoms with Crippen LogP contribution in [0.1, 0.15) is 26.3 Å². The van der Waals surface area contributed by atoms with Gasteiger partial charge in [0.1, 0.15) is 0 Å². The summed E-state index contributed by atoms with van der Waals surface area (Å²) >= 11 is 0. The highest BCUT2D eigenvalue weighted by Gasteiger charge is 2.16. The van der Waals surface area contributed by atoms with Crippen molar-refractivity contribution in [3.63, 3.8) is 0 Å². The minimum absolute atomic E-state index is 0.119. The Balaban J connectivity index is 1.84. The monoisotopic (exact) mass is 343 g/mol. The molecule has 0 unspecified atom stereocenters. The summed E-state index contributed by atoms with van der Waals surface area (Å²) in [5.41, 5.74) is 1.58. The van der Waals surface area contributed by atoms with Crippen LogP contribution < -0.4 is 10.6 Å². The lowest BCUT2D eigenvalue weighted by atomic mass is 10.1. The number of urea groups is 1. The maximum absolute atomic E-state index is 11.9. The van der Waals surface area contributed by atoms with Crippen molar-refractivity contribution in [1.29, 1.82) is 0 Å². The number of benzene rings is 1. The molecule has 134 valence electrons. The Morgan fingerprint density at radius 1 is 1.20 bits per heavy atom. The minimum atomic E-state index is -0.484. The second kappa shape index (κ2) is 7.94. The topological polar surface area (TPSA) is 79.3 Å². The van der Waals surface area contributed by atoms with Gasteiger partial charge in [-0.1, -0.05) is 18.2 Å². The summed E-state index contributed by atoms with van der Waals surface area (Å²) in [7, 11) is 1.82. The van der Waals surface area contributed by atoms with Gasteiger partial charge in [-0.3, -0.25) is 15.0 Å². The zero-order valence-corrected chi connectivity index (χ0v) is 15.1. The second-order valence-electron chi connectivity index (χ2n) is 7.05. The highest BCUT2D eigenvalue weighted by Crippen LogP contribution is 2.09. The van der Waals surface area contributed by atoms with Gasteiger partial charge in [0.2, 0.25) is 5.91 Å². The van der Waals surface area contributed by atoms with E-state index in [4.69, 9.17) is 0 Å². The maximum atomic E-state index is 11.9. The van der Waals surface area contributed by atoms with Crippen LogP contribution in [0.4, 0.5) is 4.79 Å². The van der Waals surface area contributed by atoms with Gasteiger partial charge in [0.25, 0.3) is 0 Å². The summed E-state index contributed by atoms with van der Waals surface area (Å²) < 4.78 is 1.79. The zero-order valence-electron chi connectivity index (χ0n) is 15.1. The third kappa shape index (κ3) is 6.39. The minimum Gasteiger partial charge on any atom is -0.333 e. The van der Waals surface area contributed by atoms with Crippen molar-refractivity contribution in [2.75, 3.05) is 13.6 Å². The number of likely N-dealkylation sites (N-methyl/N-ethyl adjacent to an activating group) is 1. The number of aromatic nitrogens is 2. The van der Waals surface area contributed by atoms with Crippen LogP contribution in [0.2, 0.25) is 0 Å². The molecule has 0 aliphatic carbocycles. The Morgan fingerprint density at radius 2 is 1.88 bits per heavy atom. The summed E-state index contributed by atoms with van der Waals surface area (Å²) in [5.74, 6) is -0.347. The molecule has 2 aromatic rings. The Labute approximate surface area is 148 Å². The van der Waals surface area contributed by atoms with Crippen LogP contribution in [-0.2, 0) is 11.3 Å². The van der Waals surface area contributed by atoms with Crippen molar-refractivity contribution < 1.29 is 9.59 Å². The number of nitrogens with zero attached hydrogens (tertiary/aromatic N) is 3. The number of amides is 3. The lowest BCUT2D eigenvalue weighted by molar-refractivity contribution is -0.121. The van der Waals surface area contributed by atoms with Crippen molar-refractivity contribution in [2.45, 2.75) is 32.9 Å². The van der Waals surface area contributed by atoms with Gasteiger partial charge >= 0.3 is 6.03 Å². The first kappa shape index (κ1) is 18.7. The fourth-order valence-corrected chi connectivity index (χ4v) is 2.31. The van der Waals surface area contributed by atoms with Gasteiger partial charge < -0.3 is 5.32 Å². The molecule has 0 aliphatic rings. The molecule has 7 nitrogen and oxygen atoms in total. The van der Waals surface area contributed by atoms with E-state index in [0.717, 1.165) is 11.3 Å². The van der Waals surface area contributed by atoms with E-state index in [1.54, 1.807) is 10.9 Å². The molecule has 0 saturated carbocycles. The highest BCUT2D eigenvalue weighted by molar-refractivity contribution is 5.95. The van der Waals surface area contributed by atoms with Gasteiger partial charge in [0, 0.05) is 23.8 Å². The Morgan fingerprint density at radius 3 is 2.52 bits per heavy atom. The molecule has 0 saturated heterocycles. The number of hydrogen-bond acceptors (Lipinski definition) is 4. The fourth-order valence-electron chi connectivity index (χ4n) is 2.31. The number of carbonyl (C=O) groups excluding carboxylic acids is 2. The number of imide groups is 1. The van der Waals surface area contributed by atoms with Crippen molar-refractivity contribution in [2.24, 2.45) is 0 Å². The zero-order chi connectivity index (χ0) is 18.4. The largest absolute Gasteiger partial charge is 0.333 e. The molecule has 7 heteroatoms. The molecule has 3 amide bonds. The summed E-state index contributed by atoms with van der Waals surface area (Å²) in [6.45, 7) is 6.24. The number of carbonyl (C=O) groups is 2. The van der Waals surface area contributed by atoms with Gasteiger partial charge in [-0.2, -0.15) is 5.10 Å². The fraction of sp³-hybridized carbons (Fsp3) is 0.389. The third-order valence-electron chi connectivity index (χ3n) is 3.26. The van der Waals surface area contributed by atoms with Gasteiger partial charge in [-0.25, -0.2) is 9.48 Å². The molecule has 1 heterocycles. The number of rotatable bonds is 5. The van der Waals surface area contributed by atoms with Crippen LogP contribution in [0.3, 0.4) is 0 Å². The number of nitrogens with one attached hydrogen (secondary N) is 2. The average molecular weight is 343 g/mol. The lowest BCUT2D eigenvalue weighted by Gasteiger charge is -2.21. The van der Waals surface area contributed by atoms with Gasteiger partial charge in [0.05, 0.1) is 18.4 Å². The van der Waals surface area contributed by atoms with Crippen LogP contribution in [0.5, 0.6) is 0 Å². The van der Waals surface area contributed by atoms with Crippen molar-refractivity contribution in [1.82, 2.24) is 25.3 Å². The average Bonchev–Trinajstić information content (AvgIpc) is 2.94. The Hall–Kier alpha value is -2.67. The summed E-state index contributed by atoms with van der Waals surface area (Å²) in [5, 5.41) is 9.36. The molecule has 25 heavy (non-hydrogen) atoms. The molecule has 2 rings (SSSR count). The predicted octanol–water partition coefficient (Wildman–Crippen LogP) is 1.93. The van der Waals surface area contributed by atoms with E-state index in [0.29, 0.717) is 6.54 Å². The van der Waals surface area contributed by atoms with Crippen LogP contribution in [0.25, 0.3) is 5.69 Å². The Kier molecular flexibility index (Phi) is 5.93. The lowest BCUT2D eigenvalue weighted by Crippen LogP contribution is -2.50. The first-order valence-corrected chi connectivity index (χ1v) is 8.12. The van der Waals surface area contributed by atoms with Crippen LogP contribution in [0.15, 0.2) is 42.7 Å². The van der Waals surface area contributed by atoms with Crippen LogP contribution >= 0.6 is 0 Å². The van der Waals surface area contributed by atoms with E-state index in [1.807, 2.05) is 69.2 Å². The van der Waals surface area contributed by atoms with Crippen LogP contribution in [-0.4, -0.2) is 45.8 Å². The number of para-hydroxylation sites is 1. The molecule has 2 N–H and O–H groups in total. The molecule has 0 fully saturated rings. The van der Waals surface area contributed by atoms with Crippen LogP contribution in [0, 0.1) is 0 Å². The molecule has 1 aromatic heterocycles. The number of hydrogen-bond donors (Lipinski definition) is 2. The van der Waals surface area contributed by atoms with Crippen molar-refractivity contribution in [3.8, 4) is 5.69 Å². The molecule has 0 aliphatic heterocycles. The van der Waals surface area contributed by atoms with Crippen molar-refractivity contribution in [3.05, 3.63) is 48.3 Å². The van der Waals surface area contributed by atoms with Crippen molar-refractivity contribution >= 4 is 11.9 Å². The maximum Gasteiger partial charge on any atom is 0.321 e. The van der Waals surface area contributed by atoms with Gasteiger partial charge in [-0.05, 0) is 40.0 Å². The highest BCUT2D eigenvalue weighted by atomic mass is 16.2. The molecular formula is C18H25N5O2. The van der Waals surface area contributed by atoms with E-state index in [2.05, 4.69) is 15.7 Å². The molecular weight excluding hydrogens is 318 g/mol. The summed E-state index contributed by atoms with van der Waals surface area (Å²) in [4.78, 5) is 25.5. The second-order valence-corrected chi connectivity index (χ2v) is 7.05. The van der Waals surface area contributed by atoms with E-state index in [9.17, 15) is 9.59 Å². The quantitative estimate of drug-likeness (QED) is 0.869. The third-order valence-corrected chi connectivity index (χ3v) is 3.26. The standard InChI is InChI=1S/C18H25N5O2/c1-18(2,3)21-17(25)20-16(24)13-22(4)11-14-10-19-23(12-14)15-8-6-5-7-9-15/h5-10,12H,11,13H2,1-4H3,(H2,20,21,24,25). The molecule has 1 aromatic carbocycles. The molecule has 0 bridgehead atoms. The van der Waals surface area contributed by atoms with E-state index < -0.39 is 6.03 Å².